The molecule has 0 radical (unpaired) electrons. The number of fused-ring (bicyclic) bond motifs is 1. The molecule has 2 aromatic heterocycles. The molecule has 2 N–H and O–H groups in total. The third kappa shape index (κ3) is 1.91. The van der Waals surface area contributed by atoms with Crippen molar-refractivity contribution in [2.75, 3.05) is 5.32 Å². The van der Waals surface area contributed by atoms with Gasteiger partial charge in [-0.15, -0.1) is 0 Å². The summed E-state index contributed by atoms with van der Waals surface area (Å²) in [6.07, 6.45) is 2.87. The van der Waals surface area contributed by atoms with E-state index in [9.17, 15) is 4.79 Å². The molecule has 0 aliphatic carbocycles. The van der Waals surface area contributed by atoms with Crippen LogP contribution in [0.15, 0.2) is 42.7 Å². The molecule has 6 nitrogen and oxygen atoms in total. The van der Waals surface area contributed by atoms with E-state index < -0.39 is 0 Å². The lowest BCUT2D eigenvalue weighted by Gasteiger charge is -1.99. The minimum Gasteiger partial charge on any atom is -0.324 e. The number of nitrogens with one attached hydrogen (secondary N) is 2. The molecule has 0 aliphatic heterocycles. The second-order valence-corrected chi connectivity index (χ2v) is 3.69. The largest absolute Gasteiger partial charge is 0.324 e. The Morgan fingerprint density at radius 1 is 1.17 bits per heavy atom. The number of rotatable bonds is 2. The minimum atomic E-state index is -0.274. The van der Waals surface area contributed by atoms with Gasteiger partial charge in [0.05, 0.1) is 29.0 Å². The van der Waals surface area contributed by atoms with E-state index in [2.05, 4.69) is 25.5 Å². The molecule has 0 atom stereocenters. The summed E-state index contributed by atoms with van der Waals surface area (Å²) < 4.78 is 0. The Labute approximate surface area is 102 Å². The number of anilines is 1. The Morgan fingerprint density at radius 3 is 2.83 bits per heavy atom. The highest BCUT2D eigenvalue weighted by molar-refractivity contribution is 6.03. The number of aromatic nitrogens is 4. The Balaban J connectivity index is 1.86. The lowest BCUT2D eigenvalue weighted by atomic mass is 10.3. The van der Waals surface area contributed by atoms with Gasteiger partial charge in [0.2, 0.25) is 5.95 Å². The van der Waals surface area contributed by atoms with Crippen LogP contribution in [0.2, 0.25) is 0 Å². The number of H-pyrrole nitrogens is 1. The highest BCUT2D eigenvalue weighted by atomic mass is 16.1. The van der Waals surface area contributed by atoms with Crippen LogP contribution in [0.1, 0.15) is 10.4 Å². The van der Waals surface area contributed by atoms with Gasteiger partial charge in [-0.1, -0.05) is 12.1 Å². The van der Waals surface area contributed by atoms with Crippen molar-refractivity contribution in [3.05, 3.63) is 48.3 Å². The highest BCUT2D eigenvalue weighted by Gasteiger charge is 2.08. The molecule has 0 saturated carbocycles. The molecule has 88 valence electrons. The second kappa shape index (κ2) is 4.25. The van der Waals surface area contributed by atoms with Crippen molar-refractivity contribution in [1.82, 2.24) is 20.2 Å². The second-order valence-electron chi connectivity index (χ2n) is 3.69. The quantitative estimate of drug-likeness (QED) is 0.711. The maximum absolute atomic E-state index is 11.9. The molecule has 0 bridgehead atoms. The number of hydrogen-bond acceptors (Lipinski definition) is 4. The topological polar surface area (TPSA) is 83.6 Å². The molecule has 6 heteroatoms. The number of para-hydroxylation sites is 2. The standard InChI is InChI=1S/C12H9N5O/c18-11(8-5-6-13-14-7-8)17-12-15-9-3-1-2-4-10(9)16-12/h1-7H,(H2,15,16,17,18). The summed E-state index contributed by atoms with van der Waals surface area (Å²) >= 11 is 0. The maximum Gasteiger partial charge on any atom is 0.259 e. The fourth-order valence-electron chi connectivity index (χ4n) is 1.62. The van der Waals surface area contributed by atoms with E-state index in [4.69, 9.17) is 0 Å². The number of nitrogens with zero attached hydrogens (tertiary/aromatic N) is 3. The SMILES string of the molecule is O=C(Nc1nc2ccccc2[nH]1)c1ccnnc1. The zero-order chi connectivity index (χ0) is 12.4. The first-order valence-electron chi connectivity index (χ1n) is 5.36. The van der Waals surface area contributed by atoms with Gasteiger partial charge in [0.1, 0.15) is 0 Å². The van der Waals surface area contributed by atoms with E-state index in [1.807, 2.05) is 24.3 Å². The van der Waals surface area contributed by atoms with Crippen LogP contribution in [0, 0.1) is 0 Å². The highest BCUT2D eigenvalue weighted by Crippen LogP contribution is 2.13. The third-order valence-corrected chi connectivity index (χ3v) is 2.47. The van der Waals surface area contributed by atoms with E-state index in [1.54, 1.807) is 6.07 Å². The van der Waals surface area contributed by atoms with E-state index in [0.29, 0.717) is 11.5 Å². The van der Waals surface area contributed by atoms with Gasteiger partial charge in [-0.3, -0.25) is 10.1 Å². The first-order chi connectivity index (χ1) is 8.83. The van der Waals surface area contributed by atoms with Gasteiger partial charge in [-0.2, -0.15) is 10.2 Å². The zero-order valence-electron chi connectivity index (χ0n) is 9.29. The van der Waals surface area contributed by atoms with Gasteiger partial charge < -0.3 is 4.98 Å². The molecule has 0 spiro atoms. The van der Waals surface area contributed by atoms with E-state index in [-0.39, 0.29) is 5.91 Å². The normalized spacial score (nSPS) is 10.4. The molecule has 0 aliphatic rings. The number of carbonyl (C=O) groups excluding carboxylic acids is 1. The molecule has 1 amide bonds. The monoisotopic (exact) mass is 239 g/mol. The van der Waals surface area contributed by atoms with Gasteiger partial charge in [0.15, 0.2) is 0 Å². The fourth-order valence-corrected chi connectivity index (χ4v) is 1.62. The lowest BCUT2D eigenvalue weighted by Crippen LogP contribution is -2.13. The van der Waals surface area contributed by atoms with Gasteiger partial charge in [-0.25, -0.2) is 4.98 Å². The van der Waals surface area contributed by atoms with Crippen LogP contribution in [-0.4, -0.2) is 26.1 Å². The van der Waals surface area contributed by atoms with Gasteiger partial charge in [-0.05, 0) is 18.2 Å². The van der Waals surface area contributed by atoms with E-state index >= 15 is 0 Å². The predicted molar refractivity (Wildman–Crippen MR) is 66.1 cm³/mol. The Hall–Kier alpha value is -2.76. The van der Waals surface area contributed by atoms with E-state index in [1.165, 1.54) is 12.4 Å². The molecule has 3 rings (SSSR count). The van der Waals surface area contributed by atoms with Crippen molar-refractivity contribution in [2.45, 2.75) is 0 Å². The Kier molecular flexibility index (Phi) is 2.45. The number of hydrogen-bond donors (Lipinski definition) is 2. The summed E-state index contributed by atoms with van der Waals surface area (Å²) in [5.74, 6) is 0.141. The first kappa shape index (κ1) is 10.4. The molecule has 1 aromatic carbocycles. The van der Waals surface area contributed by atoms with Crippen LogP contribution in [-0.2, 0) is 0 Å². The average Bonchev–Trinajstić information content (AvgIpc) is 2.82. The summed E-state index contributed by atoms with van der Waals surface area (Å²) in [4.78, 5) is 19.1. The molecular formula is C12H9N5O. The number of carbonyl (C=O) groups is 1. The third-order valence-electron chi connectivity index (χ3n) is 2.47. The number of benzene rings is 1. The molecule has 0 fully saturated rings. The fraction of sp³-hybridized carbons (Fsp3) is 0. The van der Waals surface area contributed by atoms with Gasteiger partial charge in [0.25, 0.3) is 5.91 Å². The molecular weight excluding hydrogens is 230 g/mol. The van der Waals surface area contributed by atoms with Gasteiger partial charge >= 0.3 is 0 Å². The maximum atomic E-state index is 11.9. The van der Waals surface area contributed by atoms with Crippen LogP contribution in [0.4, 0.5) is 5.95 Å². The lowest BCUT2D eigenvalue weighted by molar-refractivity contribution is 0.102. The van der Waals surface area contributed by atoms with Crippen LogP contribution < -0.4 is 5.32 Å². The average molecular weight is 239 g/mol. The summed E-state index contributed by atoms with van der Waals surface area (Å²) in [5, 5.41) is 9.94. The Bertz CT molecular complexity index is 659. The molecule has 18 heavy (non-hydrogen) atoms. The molecule has 2 heterocycles. The van der Waals surface area contributed by atoms with Crippen LogP contribution in [0.25, 0.3) is 11.0 Å². The summed E-state index contributed by atoms with van der Waals surface area (Å²) in [6, 6.07) is 9.15. The van der Waals surface area contributed by atoms with Crippen molar-refractivity contribution in [3.8, 4) is 0 Å². The van der Waals surface area contributed by atoms with Crippen molar-refractivity contribution >= 4 is 22.9 Å². The first-order valence-corrected chi connectivity index (χ1v) is 5.36. The van der Waals surface area contributed by atoms with Crippen molar-refractivity contribution < 1.29 is 4.79 Å². The van der Waals surface area contributed by atoms with Crippen LogP contribution in [0.3, 0.4) is 0 Å². The summed E-state index contributed by atoms with van der Waals surface area (Å²) in [7, 11) is 0. The number of aromatic amines is 1. The molecule has 0 unspecified atom stereocenters. The van der Waals surface area contributed by atoms with Crippen LogP contribution >= 0.6 is 0 Å². The minimum absolute atomic E-state index is 0.274. The summed E-state index contributed by atoms with van der Waals surface area (Å²) in [5.41, 5.74) is 2.12. The van der Waals surface area contributed by atoms with Gasteiger partial charge in [0, 0.05) is 0 Å². The molecule has 0 saturated heterocycles. The van der Waals surface area contributed by atoms with Crippen molar-refractivity contribution in [1.29, 1.82) is 0 Å². The summed E-state index contributed by atoms with van der Waals surface area (Å²) in [6.45, 7) is 0. The number of amides is 1. The predicted octanol–water partition coefficient (Wildman–Crippen LogP) is 1.61. The molecule has 3 aromatic rings. The zero-order valence-corrected chi connectivity index (χ0v) is 9.29. The van der Waals surface area contributed by atoms with Crippen LogP contribution in [0.5, 0.6) is 0 Å². The number of imidazole rings is 1. The smallest absolute Gasteiger partial charge is 0.259 e. The Morgan fingerprint density at radius 2 is 2.06 bits per heavy atom. The van der Waals surface area contributed by atoms with Crippen molar-refractivity contribution in [2.24, 2.45) is 0 Å². The van der Waals surface area contributed by atoms with Crippen molar-refractivity contribution in [3.63, 3.8) is 0 Å². The van der Waals surface area contributed by atoms with E-state index in [0.717, 1.165) is 11.0 Å².